The molecule has 3 rings (SSSR count). The molecular weight excluding hydrogens is 576 g/mol. The third-order valence-electron chi connectivity index (χ3n) is 7.83. The van der Waals surface area contributed by atoms with Crippen molar-refractivity contribution < 1.29 is 28.0 Å². The predicted octanol–water partition coefficient (Wildman–Crippen LogP) is 6.07. The van der Waals surface area contributed by atoms with Crippen LogP contribution in [-0.2, 0) is 36.5 Å². The highest BCUT2D eigenvalue weighted by molar-refractivity contribution is 7.83. The lowest BCUT2D eigenvalue weighted by Gasteiger charge is -2.31. The summed E-state index contributed by atoms with van der Waals surface area (Å²) >= 11 is 0. The van der Waals surface area contributed by atoms with Gasteiger partial charge in [-0.3, -0.25) is 9.52 Å². The van der Waals surface area contributed by atoms with Gasteiger partial charge < -0.3 is 23.9 Å². The molecule has 8 nitrogen and oxygen atoms in total. The monoisotopic (exact) mass is 626 g/mol. The second-order valence-corrected chi connectivity index (χ2v) is 13.6. The van der Waals surface area contributed by atoms with Gasteiger partial charge in [0.25, 0.3) is 0 Å². The first kappa shape index (κ1) is 35.5. The van der Waals surface area contributed by atoms with Crippen molar-refractivity contribution in [1.29, 1.82) is 0 Å². The Morgan fingerprint density at radius 3 is 2.61 bits per heavy atom. The summed E-state index contributed by atoms with van der Waals surface area (Å²) < 4.78 is 33.3. The summed E-state index contributed by atoms with van der Waals surface area (Å²) in [6.07, 6.45) is 8.70. The van der Waals surface area contributed by atoms with E-state index in [0.29, 0.717) is 31.1 Å². The summed E-state index contributed by atoms with van der Waals surface area (Å²) in [5.74, 6) is 1.00. The molecule has 1 aliphatic rings. The topological polar surface area (TPSA) is 94.2 Å². The summed E-state index contributed by atoms with van der Waals surface area (Å²) in [5.41, 5.74) is 4.49. The number of rotatable bonds is 17. The fraction of sp³-hybridized carbons (Fsp3) is 0.543. The highest BCUT2D eigenvalue weighted by atomic mass is 32.2. The molecule has 0 saturated heterocycles. The molecule has 0 fully saturated rings. The van der Waals surface area contributed by atoms with Gasteiger partial charge in [0.2, 0.25) is 6.41 Å². The van der Waals surface area contributed by atoms with Crippen LogP contribution in [0.15, 0.2) is 53.4 Å². The average Bonchev–Trinajstić information content (AvgIpc) is 3.16. The van der Waals surface area contributed by atoms with Crippen molar-refractivity contribution in [1.82, 2.24) is 4.72 Å². The fourth-order valence-electron chi connectivity index (χ4n) is 5.63. The molecule has 0 aromatic heterocycles. The molecule has 2 aromatic rings. The Labute approximate surface area is 266 Å². The van der Waals surface area contributed by atoms with Crippen LogP contribution in [-0.4, -0.2) is 61.5 Å². The molecule has 1 heterocycles. The summed E-state index contributed by atoms with van der Waals surface area (Å²) in [6.45, 7) is 15.0. The van der Waals surface area contributed by atoms with Crippen molar-refractivity contribution in [3.05, 3.63) is 65.2 Å². The molecule has 9 heteroatoms. The van der Waals surface area contributed by atoms with Crippen molar-refractivity contribution in [3.8, 4) is 5.75 Å². The molecule has 0 bridgehead atoms. The number of hydrogen-bond acceptors (Lipinski definition) is 7. The first-order valence-corrected chi connectivity index (χ1v) is 16.8. The number of carbonyl (C=O) groups is 2. The number of hydrogen-bond donors (Lipinski definition) is 1. The van der Waals surface area contributed by atoms with E-state index in [9.17, 15) is 13.8 Å². The van der Waals surface area contributed by atoms with Crippen LogP contribution < -0.4 is 14.4 Å². The van der Waals surface area contributed by atoms with Gasteiger partial charge in [-0.2, -0.15) is 0 Å². The maximum Gasteiger partial charge on any atom is 0.219 e. The van der Waals surface area contributed by atoms with Gasteiger partial charge in [-0.05, 0) is 75.8 Å². The van der Waals surface area contributed by atoms with Gasteiger partial charge in [-0.15, -0.1) is 0 Å². The fourth-order valence-corrected chi connectivity index (χ4v) is 6.26. The highest BCUT2D eigenvalue weighted by Gasteiger charge is 2.28. The van der Waals surface area contributed by atoms with E-state index < -0.39 is 11.0 Å². The van der Waals surface area contributed by atoms with Crippen molar-refractivity contribution in [2.45, 2.75) is 89.7 Å². The molecule has 0 aliphatic carbocycles. The van der Waals surface area contributed by atoms with Crippen molar-refractivity contribution in [2.75, 3.05) is 37.8 Å². The van der Waals surface area contributed by atoms with Gasteiger partial charge in [0.1, 0.15) is 18.6 Å². The third kappa shape index (κ3) is 10.6. The lowest BCUT2D eigenvalue weighted by atomic mass is 9.90. The Bertz CT molecular complexity index is 1270. The maximum absolute atomic E-state index is 12.7. The van der Waals surface area contributed by atoms with Crippen LogP contribution in [0.25, 0.3) is 0 Å². The maximum atomic E-state index is 12.7. The van der Waals surface area contributed by atoms with E-state index in [1.807, 2.05) is 45.1 Å². The van der Waals surface area contributed by atoms with Crippen LogP contribution in [0.1, 0.15) is 76.5 Å². The number of carbonyl (C=O) groups excluding carboxylic acids is 2. The van der Waals surface area contributed by atoms with Crippen LogP contribution in [0.5, 0.6) is 5.75 Å². The number of nitrogens with zero attached hydrogens (tertiary/aromatic N) is 1. The Morgan fingerprint density at radius 2 is 1.93 bits per heavy atom. The van der Waals surface area contributed by atoms with Gasteiger partial charge in [0, 0.05) is 19.0 Å². The minimum Gasteiger partial charge on any atom is -0.491 e. The van der Waals surface area contributed by atoms with E-state index in [1.54, 1.807) is 6.07 Å². The average molecular weight is 627 g/mol. The summed E-state index contributed by atoms with van der Waals surface area (Å²) in [6, 6.07) is 12.1. The minimum absolute atomic E-state index is 0.0284. The molecule has 242 valence electrons. The lowest BCUT2D eigenvalue weighted by molar-refractivity contribution is -0.113. The van der Waals surface area contributed by atoms with Crippen molar-refractivity contribution in [3.63, 3.8) is 0 Å². The SMILES string of the molecule is CCCc1cc(C)ccc1C1COc2ccc(S(=O)NC=O)cc2N(CCC(CC)C(/C=C/COC(C)(C)C)OCC=O)C1. The van der Waals surface area contributed by atoms with Crippen LogP contribution >= 0.6 is 0 Å². The van der Waals surface area contributed by atoms with Crippen LogP contribution in [0.2, 0.25) is 0 Å². The van der Waals surface area contributed by atoms with Crippen molar-refractivity contribution >= 4 is 29.4 Å². The Morgan fingerprint density at radius 1 is 1.14 bits per heavy atom. The lowest BCUT2D eigenvalue weighted by Crippen LogP contribution is -2.33. The number of amides is 1. The zero-order chi connectivity index (χ0) is 32.1. The van der Waals surface area contributed by atoms with Gasteiger partial charge in [-0.1, -0.05) is 62.6 Å². The van der Waals surface area contributed by atoms with Gasteiger partial charge in [0.15, 0.2) is 11.0 Å². The minimum atomic E-state index is -1.67. The second-order valence-electron chi connectivity index (χ2n) is 12.3. The van der Waals surface area contributed by atoms with E-state index in [-0.39, 0.29) is 30.1 Å². The Hall–Kier alpha value is -3.01. The normalized spacial score (nSPS) is 17.3. The van der Waals surface area contributed by atoms with E-state index in [1.165, 1.54) is 16.7 Å². The van der Waals surface area contributed by atoms with E-state index in [4.69, 9.17) is 14.2 Å². The van der Waals surface area contributed by atoms with E-state index in [2.05, 4.69) is 48.6 Å². The molecule has 1 amide bonds. The predicted molar refractivity (Wildman–Crippen MR) is 177 cm³/mol. The van der Waals surface area contributed by atoms with Crippen molar-refractivity contribution in [2.24, 2.45) is 5.92 Å². The molecule has 1 N–H and O–H groups in total. The van der Waals surface area contributed by atoms with Gasteiger partial charge in [0.05, 0.1) is 35.5 Å². The number of fused-ring (bicyclic) bond motifs is 1. The quantitative estimate of drug-likeness (QED) is 0.168. The molecule has 44 heavy (non-hydrogen) atoms. The van der Waals surface area contributed by atoms with E-state index >= 15 is 0 Å². The number of nitrogens with one attached hydrogen (secondary N) is 1. The molecule has 4 unspecified atom stereocenters. The molecule has 0 saturated carbocycles. The zero-order valence-electron chi connectivity index (χ0n) is 27.2. The number of aldehydes is 1. The molecule has 0 radical (unpaired) electrons. The number of aryl methyl sites for hydroxylation is 2. The molecule has 1 aliphatic heterocycles. The summed E-state index contributed by atoms with van der Waals surface area (Å²) in [7, 11) is -1.67. The zero-order valence-corrected chi connectivity index (χ0v) is 28.0. The molecule has 2 aromatic carbocycles. The summed E-state index contributed by atoms with van der Waals surface area (Å²) in [5, 5.41) is 0. The number of anilines is 1. The summed E-state index contributed by atoms with van der Waals surface area (Å²) in [4.78, 5) is 25.0. The van der Waals surface area contributed by atoms with Crippen LogP contribution in [0.4, 0.5) is 5.69 Å². The smallest absolute Gasteiger partial charge is 0.219 e. The van der Waals surface area contributed by atoms with Gasteiger partial charge >= 0.3 is 0 Å². The van der Waals surface area contributed by atoms with Gasteiger partial charge in [-0.25, -0.2) is 4.21 Å². The Balaban J connectivity index is 1.93. The standard InChI is InChI=1S/C35H50N2O6S/c1-7-10-28-21-26(3)12-14-31(28)29-23-37(32-22-30(44(40)36-25-39)13-15-34(32)42-24-29)17-16-27(8-2)33(41-20-18-38)11-9-19-43-35(4,5)6/h9,11-15,18,21-22,25,27,29,33H,7-8,10,16-17,19-20,23-24H2,1-6H3,(H,36,39)/b11-9+. The number of benzene rings is 2. The molecular formula is C35H50N2O6S. The Kier molecular flexibility index (Phi) is 14.1. The first-order chi connectivity index (χ1) is 21.1. The van der Waals surface area contributed by atoms with Crippen LogP contribution in [0.3, 0.4) is 0 Å². The van der Waals surface area contributed by atoms with E-state index in [0.717, 1.165) is 50.0 Å². The largest absolute Gasteiger partial charge is 0.491 e. The van der Waals surface area contributed by atoms with Crippen LogP contribution in [0, 0.1) is 12.8 Å². The second kappa shape index (κ2) is 17.5. The molecule has 0 spiro atoms. The highest BCUT2D eigenvalue weighted by Crippen LogP contribution is 2.38. The first-order valence-electron chi connectivity index (χ1n) is 15.7. The number of ether oxygens (including phenoxy) is 3. The molecule has 4 atom stereocenters. The third-order valence-corrected chi connectivity index (χ3v) is 8.82.